The molecule has 0 aliphatic carbocycles. The molecule has 4 aromatic carbocycles. The summed E-state index contributed by atoms with van der Waals surface area (Å²) in [7, 11) is -14.2. The fourth-order valence-electron chi connectivity index (χ4n) is 3.46. The number of aromatic hydroxyl groups is 1. The summed E-state index contributed by atoms with van der Waals surface area (Å²) in [5, 5.41) is 18.6. The molecule has 184 valence electrons. The summed E-state index contributed by atoms with van der Waals surface area (Å²) in [6.07, 6.45) is 0. The molecule has 0 aliphatic rings. The second kappa shape index (κ2) is 9.77. The zero-order valence-electron chi connectivity index (χ0n) is 17.1. The van der Waals surface area contributed by atoms with Gasteiger partial charge in [-0.3, -0.25) is 13.7 Å². The summed E-state index contributed by atoms with van der Waals surface area (Å²) in [5.74, 6) is -0.984. The van der Waals surface area contributed by atoms with E-state index in [4.69, 9.17) is 0 Å². The molecule has 0 atom stereocenters. The van der Waals surface area contributed by atoms with E-state index in [1.807, 2.05) is 0 Å². The van der Waals surface area contributed by atoms with Crippen molar-refractivity contribution in [3.63, 3.8) is 0 Å². The van der Waals surface area contributed by atoms with Crippen molar-refractivity contribution in [3.05, 3.63) is 60.7 Å². The molecular weight excluding hydrogens is 547 g/mol. The van der Waals surface area contributed by atoms with Gasteiger partial charge in [0.2, 0.25) is 0 Å². The SMILES string of the molecule is O=S(=O)(O)c1ccc2c(N=Nc3ccc(S(=O)(=O)O)c4ccccc34)c(O)c(S(=O)(=O)O)cc2c1.[NaH]. The first kappa shape index (κ1) is 28.1. The second-order valence-corrected chi connectivity index (χ2v) is 11.4. The summed E-state index contributed by atoms with van der Waals surface area (Å²) >= 11 is 0. The van der Waals surface area contributed by atoms with Gasteiger partial charge in [0.25, 0.3) is 30.4 Å². The number of phenols is 1. The molecule has 0 unspecified atom stereocenters. The van der Waals surface area contributed by atoms with Crippen LogP contribution in [-0.4, -0.2) is 73.6 Å². The Morgan fingerprint density at radius 2 is 1.22 bits per heavy atom. The van der Waals surface area contributed by atoms with Gasteiger partial charge in [-0.15, -0.1) is 10.2 Å². The molecule has 4 aromatic rings. The van der Waals surface area contributed by atoms with Gasteiger partial charge in [0.15, 0.2) is 5.75 Å². The van der Waals surface area contributed by atoms with Crippen LogP contribution in [0.4, 0.5) is 11.4 Å². The van der Waals surface area contributed by atoms with Crippen LogP contribution >= 0.6 is 0 Å². The van der Waals surface area contributed by atoms with Crippen LogP contribution in [0.3, 0.4) is 0 Å². The van der Waals surface area contributed by atoms with Gasteiger partial charge in [0.05, 0.1) is 10.6 Å². The maximum absolute atomic E-state index is 11.8. The van der Waals surface area contributed by atoms with Gasteiger partial charge in [-0.2, -0.15) is 25.3 Å². The van der Waals surface area contributed by atoms with Crippen LogP contribution in [0.2, 0.25) is 0 Å². The molecule has 0 radical (unpaired) electrons. The maximum atomic E-state index is 11.8. The Morgan fingerprint density at radius 1 is 0.611 bits per heavy atom. The Kier molecular flexibility index (Phi) is 7.63. The number of hydrogen-bond acceptors (Lipinski definition) is 9. The molecule has 4 rings (SSSR count). The van der Waals surface area contributed by atoms with Crippen molar-refractivity contribution >= 4 is 92.8 Å². The normalized spacial score (nSPS) is 12.8. The predicted octanol–water partition coefficient (Wildman–Crippen LogP) is 3.21. The zero-order valence-corrected chi connectivity index (χ0v) is 19.6. The average molecular weight is 563 g/mol. The van der Waals surface area contributed by atoms with Crippen molar-refractivity contribution in [2.75, 3.05) is 0 Å². The topological polar surface area (TPSA) is 208 Å². The van der Waals surface area contributed by atoms with E-state index < -0.39 is 51.6 Å². The van der Waals surface area contributed by atoms with Crippen molar-refractivity contribution in [2.24, 2.45) is 10.2 Å². The van der Waals surface area contributed by atoms with Crippen molar-refractivity contribution in [3.8, 4) is 5.75 Å². The summed E-state index contributed by atoms with van der Waals surface area (Å²) in [6, 6.07) is 12.1. The van der Waals surface area contributed by atoms with Gasteiger partial charge in [-0.25, -0.2) is 0 Å². The fraction of sp³-hybridized carbons (Fsp3) is 0. The molecule has 16 heteroatoms. The Bertz CT molecular complexity index is 1890. The summed E-state index contributed by atoms with van der Waals surface area (Å²) in [4.78, 5) is -1.95. The number of rotatable bonds is 5. The van der Waals surface area contributed by atoms with Gasteiger partial charge in [-0.1, -0.05) is 30.3 Å². The molecule has 4 N–H and O–H groups in total. The number of azo groups is 1. The number of benzene rings is 4. The van der Waals surface area contributed by atoms with Crippen molar-refractivity contribution in [1.82, 2.24) is 0 Å². The molecule has 0 fully saturated rings. The number of fused-ring (bicyclic) bond motifs is 2. The number of nitrogens with zero attached hydrogens (tertiary/aromatic N) is 2. The quantitative estimate of drug-likeness (QED) is 0.159. The van der Waals surface area contributed by atoms with Crippen LogP contribution in [0.5, 0.6) is 5.75 Å². The molecule has 0 saturated heterocycles. The summed E-state index contributed by atoms with van der Waals surface area (Å²) in [6.45, 7) is 0. The zero-order chi connectivity index (χ0) is 25.8. The van der Waals surface area contributed by atoms with E-state index in [2.05, 4.69) is 10.2 Å². The molecule has 0 bridgehead atoms. The minimum atomic E-state index is -4.99. The Morgan fingerprint density at radius 3 is 1.81 bits per heavy atom. The van der Waals surface area contributed by atoms with E-state index in [9.17, 15) is 44.0 Å². The van der Waals surface area contributed by atoms with E-state index in [0.29, 0.717) is 0 Å². The van der Waals surface area contributed by atoms with Crippen molar-refractivity contribution in [1.29, 1.82) is 0 Å². The van der Waals surface area contributed by atoms with E-state index >= 15 is 0 Å². The van der Waals surface area contributed by atoms with E-state index in [0.717, 1.165) is 30.3 Å². The van der Waals surface area contributed by atoms with Gasteiger partial charge < -0.3 is 5.11 Å². The van der Waals surface area contributed by atoms with Crippen LogP contribution in [0.1, 0.15) is 0 Å². The minimum absolute atomic E-state index is 0. The monoisotopic (exact) mass is 562 g/mol. The molecule has 36 heavy (non-hydrogen) atoms. The molecule has 0 heterocycles. The first-order chi connectivity index (χ1) is 16.2. The predicted molar refractivity (Wildman–Crippen MR) is 130 cm³/mol. The van der Waals surface area contributed by atoms with E-state index in [1.165, 1.54) is 24.3 Å². The first-order valence-electron chi connectivity index (χ1n) is 9.33. The number of hydrogen-bond donors (Lipinski definition) is 4. The third kappa shape index (κ3) is 5.44. The Hall–Kier alpha value is -2.47. The number of phenolic OH excluding ortho intramolecular Hbond substituents is 1. The molecular formula is C20H15N2NaO10S3. The van der Waals surface area contributed by atoms with E-state index in [-0.39, 0.29) is 61.7 Å². The van der Waals surface area contributed by atoms with Crippen LogP contribution in [0.15, 0.2) is 85.6 Å². The third-order valence-corrected chi connectivity index (χ3v) is 7.62. The molecule has 0 saturated carbocycles. The average Bonchev–Trinajstić information content (AvgIpc) is 2.75. The van der Waals surface area contributed by atoms with Crippen LogP contribution < -0.4 is 0 Å². The van der Waals surface area contributed by atoms with E-state index in [1.54, 1.807) is 6.07 Å². The van der Waals surface area contributed by atoms with Crippen molar-refractivity contribution in [2.45, 2.75) is 14.7 Å². The Balaban J connectivity index is 0.00000361. The first-order valence-corrected chi connectivity index (χ1v) is 13.7. The van der Waals surface area contributed by atoms with Crippen molar-refractivity contribution < 1.29 is 44.0 Å². The standard InChI is InChI=1S/C20H14N2O10S3.Na.H/c23-20-18(35(30,31)32)10-11-9-12(33(24,25)26)5-6-13(11)19(20)22-21-16-7-8-17(34(27,28)29)15-4-2-1-3-14(15)16;;/h1-10,23H,(H,24,25,26)(H,27,28,29)(H,30,31,32);;. The van der Waals surface area contributed by atoms with Crippen LogP contribution in [-0.2, 0) is 30.4 Å². The second-order valence-electron chi connectivity index (χ2n) is 7.21. The van der Waals surface area contributed by atoms with Gasteiger partial charge in [0.1, 0.15) is 15.5 Å². The molecule has 12 nitrogen and oxygen atoms in total. The molecule has 0 amide bonds. The fourth-order valence-corrected chi connectivity index (χ4v) is 5.29. The van der Waals surface area contributed by atoms with Crippen LogP contribution in [0.25, 0.3) is 21.5 Å². The molecule has 0 spiro atoms. The summed E-state index contributed by atoms with van der Waals surface area (Å²) in [5.41, 5.74) is -0.382. The van der Waals surface area contributed by atoms with Crippen LogP contribution in [0, 0.1) is 0 Å². The van der Waals surface area contributed by atoms with Gasteiger partial charge in [0, 0.05) is 16.2 Å². The third-order valence-electron chi connectivity index (χ3n) is 4.99. The van der Waals surface area contributed by atoms with Gasteiger partial charge in [-0.05, 0) is 35.7 Å². The van der Waals surface area contributed by atoms with Gasteiger partial charge >= 0.3 is 29.6 Å². The molecule has 0 aromatic heterocycles. The Labute approximate surface area is 226 Å². The summed E-state index contributed by atoms with van der Waals surface area (Å²) < 4.78 is 98.2. The molecule has 0 aliphatic heterocycles.